The number of carbonyl (C=O) groups is 1. The Morgan fingerprint density at radius 2 is 2.24 bits per heavy atom. The summed E-state index contributed by atoms with van der Waals surface area (Å²) in [4.78, 5) is 35.6. The molecule has 3 aromatic heterocycles. The van der Waals surface area contributed by atoms with Gasteiger partial charge in [-0.3, -0.25) is 4.79 Å². The standard InChI is InChI=1S/C13H12N4O3S/c1-6-7(2)21-12-10(6)11(18)15-9(16-12)4-17-3-8(13(19)20)14-5-17/h3,5H,4H2,1-2H3,(H,19,20)(H,15,16,18). The molecule has 3 heterocycles. The lowest BCUT2D eigenvalue weighted by Gasteiger charge is -2.01. The molecule has 0 saturated carbocycles. The van der Waals surface area contributed by atoms with Crippen molar-refractivity contribution in [1.82, 2.24) is 19.5 Å². The van der Waals surface area contributed by atoms with Gasteiger partial charge in [-0.1, -0.05) is 0 Å². The summed E-state index contributed by atoms with van der Waals surface area (Å²) in [7, 11) is 0. The molecule has 0 unspecified atom stereocenters. The van der Waals surface area contributed by atoms with E-state index in [-0.39, 0.29) is 17.8 Å². The number of nitrogens with one attached hydrogen (secondary N) is 1. The number of aromatic nitrogens is 4. The number of rotatable bonds is 3. The van der Waals surface area contributed by atoms with Crippen molar-refractivity contribution in [2.24, 2.45) is 0 Å². The number of aryl methyl sites for hydroxylation is 2. The number of nitrogens with zero attached hydrogens (tertiary/aromatic N) is 3. The fraction of sp³-hybridized carbons (Fsp3) is 0.231. The highest BCUT2D eigenvalue weighted by atomic mass is 32.1. The number of thiophene rings is 1. The van der Waals surface area contributed by atoms with Gasteiger partial charge in [-0.15, -0.1) is 11.3 Å². The SMILES string of the molecule is Cc1sc2nc(Cn3cnc(C(=O)O)c3)[nH]c(=O)c2c1C. The van der Waals surface area contributed by atoms with Gasteiger partial charge in [-0.05, 0) is 19.4 Å². The second kappa shape index (κ2) is 4.81. The van der Waals surface area contributed by atoms with Gasteiger partial charge in [0.25, 0.3) is 5.56 Å². The van der Waals surface area contributed by atoms with Gasteiger partial charge in [0, 0.05) is 11.1 Å². The average molecular weight is 304 g/mol. The van der Waals surface area contributed by atoms with E-state index in [0.29, 0.717) is 16.0 Å². The van der Waals surface area contributed by atoms with Crippen molar-refractivity contribution in [3.05, 3.63) is 44.8 Å². The Morgan fingerprint density at radius 3 is 2.90 bits per heavy atom. The van der Waals surface area contributed by atoms with Gasteiger partial charge in [-0.2, -0.15) is 0 Å². The smallest absolute Gasteiger partial charge is 0.356 e. The molecule has 21 heavy (non-hydrogen) atoms. The van der Waals surface area contributed by atoms with Crippen molar-refractivity contribution >= 4 is 27.5 Å². The predicted molar refractivity (Wildman–Crippen MR) is 78.0 cm³/mol. The summed E-state index contributed by atoms with van der Waals surface area (Å²) in [5.41, 5.74) is 0.739. The third-order valence-electron chi connectivity index (χ3n) is 3.27. The van der Waals surface area contributed by atoms with Crippen LogP contribution in [0.1, 0.15) is 26.8 Å². The van der Waals surface area contributed by atoms with Crippen LogP contribution in [0.15, 0.2) is 17.3 Å². The van der Waals surface area contributed by atoms with Crippen LogP contribution in [0.2, 0.25) is 0 Å². The zero-order valence-corrected chi connectivity index (χ0v) is 12.2. The Bertz CT molecular complexity index is 906. The fourth-order valence-electron chi connectivity index (χ4n) is 2.10. The van der Waals surface area contributed by atoms with Crippen LogP contribution in [0.4, 0.5) is 0 Å². The molecule has 108 valence electrons. The highest BCUT2D eigenvalue weighted by Crippen LogP contribution is 2.25. The molecule has 0 fully saturated rings. The first-order valence-corrected chi connectivity index (χ1v) is 7.01. The Kier molecular flexibility index (Phi) is 3.09. The van der Waals surface area contributed by atoms with Gasteiger partial charge in [0.1, 0.15) is 10.7 Å². The van der Waals surface area contributed by atoms with Crippen molar-refractivity contribution in [1.29, 1.82) is 0 Å². The quantitative estimate of drug-likeness (QED) is 0.764. The van der Waals surface area contributed by atoms with E-state index in [1.165, 1.54) is 23.9 Å². The molecule has 3 rings (SSSR count). The minimum atomic E-state index is -1.09. The van der Waals surface area contributed by atoms with Gasteiger partial charge < -0.3 is 14.7 Å². The van der Waals surface area contributed by atoms with Crippen molar-refractivity contribution in [2.75, 3.05) is 0 Å². The predicted octanol–water partition coefficient (Wildman–Crippen LogP) is 1.54. The minimum absolute atomic E-state index is 0.0405. The summed E-state index contributed by atoms with van der Waals surface area (Å²) in [5, 5.41) is 9.46. The highest BCUT2D eigenvalue weighted by Gasteiger charge is 2.12. The molecular formula is C13H12N4O3S. The normalized spacial score (nSPS) is 11.1. The molecule has 0 atom stereocenters. The molecule has 0 aliphatic rings. The zero-order valence-electron chi connectivity index (χ0n) is 11.4. The molecule has 0 spiro atoms. The van der Waals surface area contributed by atoms with E-state index >= 15 is 0 Å². The summed E-state index contributed by atoms with van der Waals surface area (Å²) < 4.78 is 1.57. The molecule has 0 saturated heterocycles. The number of hydrogen-bond acceptors (Lipinski definition) is 5. The lowest BCUT2D eigenvalue weighted by atomic mass is 10.2. The lowest BCUT2D eigenvalue weighted by Crippen LogP contribution is -2.13. The van der Waals surface area contributed by atoms with Crippen molar-refractivity contribution in [2.45, 2.75) is 20.4 Å². The number of fused-ring (bicyclic) bond motifs is 1. The first-order chi connectivity index (χ1) is 9.95. The first kappa shape index (κ1) is 13.5. The summed E-state index contributed by atoms with van der Waals surface area (Å²) in [5.74, 6) is -0.613. The van der Waals surface area contributed by atoms with Gasteiger partial charge in [0.2, 0.25) is 0 Å². The van der Waals surface area contributed by atoms with E-state index in [1.807, 2.05) is 13.8 Å². The highest BCUT2D eigenvalue weighted by molar-refractivity contribution is 7.18. The maximum Gasteiger partial charge on any atom is 0.356 e. The Balaban J connectivity index is 2.01. The number of carboxylic acids is 1. The van der Waals surface area contributed by atoms with Crippen molar-refractivity contribution in [3.8, 4) is 0 Å². The summed E-state index contributed by atoms with van der Waals surface area (Å²) >= 11 is 1.48. The molecule has 0 radical (unpaired) electrons. The summed E-state index contributed by atoms with van der Waals surface area (Å²) in [6.07, 6.45) is 2.80. The molecule has 3 aromatic rings. The molecule has 8 heteroatoms. The van der Waals surface area contributed by atoms with Gasteiger partial charge in [0.15, 0.2) is 5.69 Å². The second-order valence-electron chi connectivity index (χ2n) is 4.71. The van der Waals surface area contributed by atoms with Gasteiger partial charge in [0.05, 0.1) is 18.3 Å². The topological polar surface area (TPSA) is 101 Å². The molecule has 0 amide bonds. The number of aromatic carboxylic acids is 1. The van der Waals surface area contributed by atoms with Crippen LogP contribution < -0.4 is 5.56 Å². The maximum atomic E-state index is 12.1. The van der Waals surface area contributed by atoms with Gasteiger partial charge in [-0.25, -0.2) is 14.8 Å². The zero-order chi connectivity index (χ0) is 15.1. The van der Waals surface area contributed by atoms with Crippen LogP contribution in [0.3, 0.4) is 0 Å². The monoisotopic (exact) mass is 304 g/mol. The number of carboxylic acid groups (broad SMARTS) is 1. The number of hydrogen-bond donors (Lipinski definition) is 2. The number of imidazole rings is 1. The Labute approximate surface area is 122 Å². The van der Waals surface area contributed by atoms with Crippen LogP contribution in [0.25, 0.3) is 10.2 Å². The summed E-state index contributed by atoms with van der Waals surface area (Å²) in [6, 6.07) is 0. The minimum Gasteiger partial charge on any atom is -0.476 e. The van der Waals surface area contributed by atoms with E-state index < -0.39 is 5.97 Å². The van der Waals surface area contributed by atoms with Crippen LogP contribution in [-0.4, -0.2) is 30.6 Å². The van der Waals surface area contributed by atoms with Gasteiger partial charge >= 0.3 is 5.97 Å². The molecule has 7 nitrogen and oxygen atoms in total. The van der Waals surface area contributed by atoms with Crippen LogP contribution >= 0.6 is 11.3 Å². The average Bonchev–Trinajstić information content (AvgIpc) is 2.96. The maximum absolute atomic E-state index is 12.1. The third-order valence-corrected chi connectivity index (χ3v) is 4.37. The molecule has 0 aromatic carbocycles. The van der Waals surface area contributed by atoms with Crippen LogP contribution in [-0.2, 0) is 6.54 Å². The summed E-state index contributed by atoms with van der Waals surface area (Å²) in [6.45, 7) is 4.12. The Morgan fingerprint density at radius 1 is 1.48 bits per heavy atom. The van der Waals surface area contributed by atoms with E-state index in [4.69, 9.17) is 5.11 Å². The van der Waals surface area contributed by atoms with Crippen molar-refractivity contribution in [3.63, 3.8) is 0 Å². The van der Waals surface area contributed by atoms with E-state index in [1.54, 1.807) is 4.57 Å². The lowest BCUT2D eigenvalue weighted by molar-refractivity contribution is 0.0691. The molecule has 0 bridgehead atoms. The van der Waals surface area contributed by atoms with Crippen LogP contribution in [0.5, 0.6) is 0 Å². The molecule has 2 N–H and O–H groups in total. The van der Waals surface area contributed by atoms with Crippen LogP contribution in [0, 0.1) is 13.8 Å². The molecule has 0 aliphatic carbocycles. The third kappa shape index (κ3) is 2.33. The van der Waals surface area contributed by atoms with E-state index in [2.05, 4.69) is 15.0 Å². The largest absolute Gasteiger partial charge is 0.476 e. The first-order valence-electron chi connectivity index (χ1n) is 6.19. The Hall–Kier alpha value is -2.48. The number of H-pyrrole nitrogens is 1. The molecular weight excluding hydrogens is 292 g/mol. The number of aromatic amines is 1. The fourth-order valence-corrected chi connectivity index (χ4v) is 3.15. The van der Waals surface area contributed by atoms with Crippen molar-refractivity contribution < 1.29 is 9.90 Å². The van der Waals surface area contributed by atoms with E-state index in [9.17, 15) is 9.59 Å². The molecule has 0 aliphatic heterocycles. The van der Waals surface area contributed by atoms with E-state index in [0.717, 1.165) is 10.4 Å². The second-order valence-corrected chi connectivity index (χ2v) is 5.92.